The van der Waals surface area contributed by atoms with Gasteiger partial charge in [0.15, 0.2) is 0 Å². The fraction of sp³-hybridized carbons (Fsp3) is 0.667. The van der Waals surface area contributed by atoms with Crippen molar-refractivity contribution in [3.8, 4) is 0 Å². The van der Waals surface area contributed by atoms with Gasteiger partial charge in [-0.3, -0.25) is 9.88 Å². The number of rotatable bonds is 2. The summed E-state index contributed by atoms with van der Waals surface area (Å²) in [7, 11) is 0. The van der Waals surface area contributed by atoms with Crippen molar-refractivity contribution in [2.24, 2.45) is 5.92 Å². The number of anilines is 1. The number of likely N-dealkylation sites (tertiary alicyclic amines) is 1. The van der Waals surface area contributed by atoms with Crippen molar-refractivity contribution < 1.29 is 0 Å². The molecule has 1 aromatic heterocycles. The van der Waals surface area contributed by atoms with Gasteiger partial charge in [0.1, 0.15) is 0 Å². The Morgan fingerprint density at radius 1 is 1.22 bits per heavy atom. The first-order chi connectivity index (χ1) is 8.83. The van der Waals surface area contributed by atoms with E-state index in [0.717, 1.165) is 29.9 Å². The zero-order valence-corrected chi connectivity index (χ0v) is 11.0. The molecule has 0 radical (unpaired) electrons. The zero-order chi connectivity index (χ0) is 12.4. The van der Waals surface area contributed by atoms with E-state index in [1.54, 1.807) is 0 Å². The molecular formula is C15H23N3. The highest BCUT2D eigenvalue weighted by Crippen LogP contribution is 2.35. The van der Waals surface area contributed by atoms with Crippen LogP contribution in [-0.4, -0.2) is 22.5 Å². The Bertz CT molecular complexity index is 402. The van der Waals surface area contributed by atoms with Gasteiger partial charge in [0.2, 0.25) is 0 Å². The summed E-state index contributed by atoms with van der Waals surface area (Å²) < 4.78 is 0. The maximum absolute atomic E-state index is 5.84. The largest absolute Gasteiger partial charge is 0.399 e. The Kier molecular flexibility index (Phi) is 3.50. The molecule has 98 valence electrons. The summed E-state index contributed by atoms with van der Waals surface area (Å²) in [6, 6.07) is 4.69. The highest BCUT2D eigenvalue weighted by molar-refractivity contribution is 5.37. The summed E-state index contributed by atoms with van der Waals surface area (Å²) >= 11 is 0. The normalized spacial score (nSPS) is 28.9. The van der Waals surface area contributed by atoms with Crippen LogP contribution >= 0.6 is 0 Å². The van der Waals surface area contributed by atoms with Crippen LogP contribution in [0.3, 0.4) is 0 Å². The third-order valence-corrected chi connectivity index (χ3v) is 4.56. The molecule has 2 fully saturated rings. The molecule has 0 bridgehead atoms. The Labute approximate surface area is 109 Å². The zero-order valence-electron chi connectivity index (χ0n) is 11.0. The minimum Gasteiger partial charge on any atom is -0.399 e. The summed E-state index contributed by atoms with van der Waals surface area (Å²) in [6.07, 6.45) is 10.3. The number of hydrogen-bond acceptors (Lipinski definition) is 3. The van der Waals surface area contributed by atoms with E-state index in [1.165, 1.54) is 45.1 Å². The van der Waals surface area contributed by atoms with Gasteiger partial charge in [0.25, 0.3) is 0 Å². The van der Waals surface area contributed by atoms with Gasteiger partial charge in [-0.25, -0.2) is 0 Å². The van der Waals surface area contributed by atoms with Crippen molar-refractivity contribution in [2.45, 2.75) is 51.1 Å². The SMILES string of the molecule is Nc1ccnc(CN2CCCC3CCCCC32)c1. The van der Waals surface area contributed by atoms with Gasteiger partial charge in [-0.05, 0) is 50.3 Å². The third-order valence-electron chi connectivity index (χ3n) is 4.56. The van der Waals surface area contributed by atoms with E-state index in [2.05, 4.69) is 9.88 Å². The van der Waals surface area contributed by atoms with Gasteiger partial charge >= 0.3 is 0 Å². The first kappa shape index (κ1) is 12.0. The molecule has 1 aliphatic carbocycles. The van der Waals surface area contributed by atoms with Crippen LogP contribution in [0.5, 0.6) is 0 Å². The average molecular weight is 245 g/mol. The first-order valence-electron chi connectivity index (χ1n) is 7.27. The Hall–Kier alpha value is -1.09. The lowest BCUT2D eigenvalue weighted by Crippen LogP contribution is -2.46. The smallest absolute Gasteiger partial charge is 0.0564 e. The van der Waals surface area contributed by atoms with Crippen molar-refractivity contribution in [1.29, 1.82) is 0 Å². The van der Waals surface area contributed by atoms with Crippen molar-refractivity contribution in [3.05, 3.63) is 24.0 Å². The lowest BCUT2D eigenvalue weighted by Gasteiger charge is -2.44. The highest BCUT2D eigenvalue weighted by atomic mass is 15.2. The van der Waals surface area contributed by atoms with Gasteiger partial charge in [-0.15, -0.1) is 0 Å². The fourth-order valence-electron chi connectivity index (χ4n) is 3.72. The minimum atomic E-state index is 0.802. The van der Waals surface area contributed by atoms with Gasteiger partial charge in [0, 0.05) is 24.5 Å². The summed E-state index contributed by atoms with van der Waals surface area (Å²) in [5.41, 5.74) is 7.79. The highest BCUT2D eigenvalue weighted by Gasteiger charge is 2.33. The van der Waals surface area contributed by atoms with Crippen LogP contribution in [0, 0.1) is 5.92 Å². The first-order valence-corrected chi connectivity index (χ1v) is 7.27. The monoisotopic (exact) mass is 245 g/mol. The molecule has 3 nitrogen and oxygen atoms in total. The number of aromatic nitrogens is 1. The van der Waals surface area contributed by atoms with Crippen LogP contribution in [0.2, 0.25) is 0 Å². The molecule has 0 aromatic carbocycles. The molecular weight excluding hydrogens is 222 g/mol. The number of nitrogens with two attached hydrogens (primary N) is 1. The molecule has 0 spiro atoms. The van der Waals surface area contributed by atoms with Crippen LogP contribution in [0.15, 0.2) is 18.3 Å². The Morgan fingerprint density at radius 3 is 2.94 bits per heavy atom. The molecule has 3 rings (SSSR count). The van der Waals surface area contributed by atoms with Crippen LogP contribution in [0.1, 0.15) is 44.2 Å². The molecule has 2 aliphatic rings. The van der Waals surface area contributed by atoms with Crippen LogP contribution in [-0.2, 0) is 6.54 Å². The Balaban J connectivity index is 1.71. The van der Waals surface area contributed by atoms with Gasteiger partial charge in [0.05, 0.1) is 5.69 Å². The summed E-state index contributed by atoms with van der Waals surface area (Å²) in [6.45, 7) is 2.21. The lowest BCUT2D eigenvalue weighted by molar-refractivity contribution is 0.0537. The van der Waals surface area contributed by atoms with E-state index in [1.807, 2.05) is 18.3 Å². The summed E-state index contributed by atoms with van der Waals surface area (Å²) in [5.74, 6) is 0.938. The lowest BCUT2D eigenvalue weighted by atomic mass is 9.78. The average Bonchev–Trinajstić information content (AvgIpc) is 2.39. The van der Waals surface area contributed by atoms with Gasteiger partial charge in [-0.1, -0.05) is 12.8 Å². The predicted molar refractivity (Wildman–Crippen MR) is 74.0 cm³/mol. The minimum absolute atomic E-state index is 0.802. The predicted octanol–water partition coefficient (Wildman–Crippen LogP) is 2.82. The quantitative estimate of drug-likeness (QED) is 0.871. The standard InChI is InChI=1S/C15H23N3/c16-13-7-8-17-14(10-13)11-18-9-3-5-12-4-1-2-6-15(12)18/h7-8,10,12,15H,1-6,9,11H2,(H2,16,17). The van der Waals surface area contributed by atoms with Crippen molar-refractivity contribution in [2.75, 3.05) is 12.3 Å². The second-order valence-electron chi connectivity index (χ2n) is 5.81. The van der Waals surface area contributed by atoms with Crippen molar-refractivity contribution >= 4 is 5.69 Å². The number of piperidine rings is 1. The number of pyridine rings is 1. The summed E-state index contributed by atoms with van der Waals surface area (Å²) in [4.78, 5) is 7.10. The van der Waals surface area contributed by atoms with E-state index in [-0.39, 0.29) is 0 Å². The van der Waals surface area contributed by atoms with Crippen molar-refractivity contribution in [3.63, 3.8) is 0 Å². The number of nitrogens with zero attached hydrogens (tertiary/aromatic N) is 2. The van der Waals surface area contributed by atoms with Gasteiger partial charge in [-0.2, -0.15) is 0 Å². The van der Waals surface area contributed by atoms with E-state index in [4.69, 9.17) is 5.73 Å². The molecule has 2 heterocycles. The molecule has 1 aromatic rings. The van der Waals surface area contributed by atoms with Crippen LogP contribution in [0.4, 0.5) is 5.69 Å². The maximum atomic E-state index is 5.84. The van der Waals surface area contributed by atoms with E-state index >= 15 is 0 Å². The second kappa shape index (κ2) is 5.27. The number of hydrogen-bond donors (Lipinski definition) is 1. The van der Waals surface area contributed by atoms with E-state index in [9.17, 15) is 0 Å². The summed E-state index contributed by atoms with van der Waals surface area (Å²) in [5, 5.41) is 0. The van der Waals surface area contributed by atoms with Gasteiger partial charge < -0.3 is 5.73 Å². The van der Waals surface area contributed by atoms with Crippen molar-refractivity contribution in [1.82, 2.24) is 9.88 Å². The molecule has 1 saturated heterocycles. The molecule has 3 heteroatoms. The fourth-order valence-corrected chi connectivity index (χ4v) is 3.72. The maximum Gasteiger partial charge on any atom is 0.0564 e. The van der Waals surface area contributed by atoms with Crippen LogP contribution < -0.4 is 5.73 Å². The molecule has 2 atom stereocenters. The number of fused-ring (bicyclic) bond motifs is 1. The number of nitrogen functional groups attached to an aromatic ring is 1. The Morgan fingerprint density at radius 2 is 2.06 bits per heavy atom. The third kappa shape index (κ3) is 2.51. The molecule has 1 aliphatic heterocycles. The molecule has 18 heavy (non-hydrogen) atoms. The van der Waals surface area contributed by atoms with E-state index < -0.39 is 0 Å². The van der Waals surface area contributed by atoms with E-state index in [0.29, 0.717) is 0 Å². The van der Waals surface area contributed by atoms with Crippen LogP contribution in [0.25, 0.3) is 0 Å². The molecule has 2 unspecified atom stereocenters. The topological polar surface area (TPSA) is 42.1 Å². The second-order valence-corrected chi connectivity index (χ2v) is 5.81. The molecule has 1 saturated carbocycles. The molecule has 0 amide bonds. The molecule has 2 N–H and O–H groups in total.